The third-order valence-corrected chi connectivity index (χ3v) is 2.77. The van der Waals surface area contributed by atoms with Gasteiger partial charge in [0.15, 0.2) is 0 Å². The van der Waals surface area contributed by atoms with Crippen LogP contribution in [-0.4, -0.2) is 30.5 Å². The number of hydrogen-bond acceptors (Lipinski definition) is 6. The van der Waals surface area contributed by atoms with E-state index in [9.17, 15) is 0 Å². The molecule has 0 atom stereocenters. The molecule has 0 unspecified atom stereocenters. The van der Waals surface area contributed by atoms with Crippen molar-refractivity contribution in [3.05, 3.63) is 24.1 Å². The van der Waals surface area contributed by atoms with E-state index in [1.54, 1.807) is 14.2 Å². The second kappa shape index (κ2) is 6.38. The maximum Gasteiger partial charge on any atom is 0.255 e. The summed E-state index contributed by atoms with van der Waals surface area (Å²) in [6, 6.07) is 5.85. The molecule has 1 N–H and O–H groups in total. The van der Waals surface area contributed by atoms with Crippen LogP contribution < -0.4 is 14.8 Å². The molecule has 2 rings (SSSR count). The van der Waals surface area contributed by atoms with Gasteiger partial charge in [0.2, 0.25) is 5.89 Å². The average Bonchev–Trinajstić information content (AvgIpc) is 2.92. The van der Waals surface area contributed by atoms with E-state index in [4.69, 9.17) is 13.9 Å². The van der Waals surface area contributed by atoms with E-state index in [0.717, 1.165) is 0 Å². The van der Waals surface area contributed by atoms with Gasteiger partial charge in [-0.2, -0.15) is 0 Å². The topological polar surface area (TPSA) is 69.4 Å². The SMILES string of the molecule is COc1cccc(OC)c1-c1nnc(CNC(C)C)o1. The summed E-state index contributed by atoms with van der Waals surface area (Å²) in [6.45, 7) is 4.64. The number of methoxy groups -OCH3 is 2. The fourth-order valence-electron chi connectivity index (χ4n) is 1.78. The van der Waals surface area contributed by atoms with E-state index >= 15 is 0 Å². The summed E-state index contributed by atoms with van der Waals surface area (Å²) in [4.78, 5) is 0. The second-order valence-corrected chi connectivity index (χ2v) is 4.57. The van der Waals surface area contributed by atoms with Gasteiger partial charge < -0.3 is 19.2 Å². The molecule has 2 aromatic rings. The first kappa shape index (κ1) is 14.3. The number of hydrogen-bond donors (Lipinski definition) is 1. The van der Waals surface area contributed by atoms with Gasteiger partial charge in [0, 0.05) is 6.04 Å². The minimum Gasteiger partial charge on any atom is -0.496 e. The first-order valence-corrected chi connectivity index (χ1v) is 6.42. The van der Waals surface area contributed by atoms with Gasteiger partial charge in [0.1, 0.15) is 17.1 Å². The van der Waals surface area contributed by atoms with Gasteiger partial charge in [-0.05, 0) is 12.1 Å². The number of nitrogens with zero attached hydrogens (tertiary/aromatic N) is 2. The molecule has 0 aliphatic carbocycles. The molecule has 0 fully saturated rings. The molecule has 6 nitrogen and oxygen atoms in total. The molecule has 0 bridgehead atoms. The van der Waals surface area contributed by atoms with Gasteiger partial charge in [-0.25, -0.2) is 0 Å². The zero-order valence-corrected chi connectivity index (χ0v) is 12.1. The highest BCUT2D eigenvalue weighted by atomic mass is 16.5. The Hall–Kier alpha value is -2.08. The Morgan fingerprint density at radius 2 is 1.80 bits per heavy atom. The van der Waals surface area contributed by atoms with Crippen molar-refractivity contribution in [2.75, 3.05) is 14.2 Å². The van der Waals surface area contributed by atoms with E-state index in [1.165, 1.54) is 0 Å². The van der Waals surface area contributed by atoms with Crippen LogP contribution in [0.5, 0.6) is 11.5 Å². The molecule has 1 aromatic carbocycles. The number of ether oxygens (including phenoxy) is 2. The number of aromatic nitrogens is 2. The molecule has 0 spiro atoms. The van der Waals surface area contributed by atoms with Crippen molar-refractivity contribution >= 4 is 0 Å². The van der Waals surface area contributed by atoms with Crippen molar-refractivity contribution in [1.82, 2.24) is 15.5 Å². The molecule has 0 saturated heterocycles. The van der Waals surface area contributed by atoms with Gasteiger partial charge >= 0.3 is 0 Å². The van der Waals surface area contributed by atoms with Crippen LogP contribution >= 0.6 is 0 Å². The van der Waals surface area contributed by atoms with Crippen LogP contribution in [0.15, 0.2) is 22.6 Å². The maximum absolute atomic E-state index is 5.66. The highest BCUT2D eigenvalue weighted by Crippen LogP contribution is 2.37. The third kappa shape index (κ3) is 3.08. The molecule has 108 valence electrons. The number of benzene rings is 1. The Morgan fingerprint density at radius 3 is 2.35 bits per heavy atom. The lowest BCUT2D eigenvalue weighted by molar-refractivity contribution is 0.392. The van der Waals surface area contributed by atoms with E-state index in [-0.39, 0.29) is 0 Å². The third-order valence-electron chi connectivity index (χ3n) is 2.77. The quantitative estimate of drug-likeness (QED) is 0.873. The summed E-state index contributed by atoms with van der Waals surface area (Å²) >= 11 is 0. The van der Waals surface area contributed by atoms with Crippen LogP contribution in [0, 0.1) is 0 Å². The molecule has 20 heavy (non-hydrogen) atoms. The first-order valence-electron chi connectivity index (χ1n) is 6.42. The predicted molar refractivity (Wildman–Crippen MR) is 74.8 cm³/mol. The van der Waals surface area contributed by atoms with Crippen molar-refractivity contribution in [1.29, 1.82) is 0 Å². The average molecular weight is 277 g/mol. The largest absolute Gasteiger partial charge is 0.496 e. The minimum atomic E-state index is 0.353. The molecule has 6 heteroatoms. The van der Waals surface area contributed by atoms with E-state index in [1.807, 2.05) is 18.2 Å². The Morgan fingerprint density at radius 1 is 1.15 bits per heavy atom. The predicted octanol–water partition coefficient (Wildman–Crippen LogP) is 2.25. The zero-order valence-electron chi connectivity index (χ0n) is 12.1. The first-order chi connectivity index (χ1) is 9.65. The highest BCUT2D eigenvalue weighted by molar-refractivity contribution is 5.70. The lowest BCUT2D eigenvalue weighted by Gasteiger charge is -2.09. The Balaban J connectivity index is 2.32. The Labute approximate surface area is 118 Å². The molecule has 0 saturated carbocycles. The molecule has 0 radical (unpaired) electrons. The van der Waals surface area contributed by atoms with Crippen LogP contribution in [-0.2, 0) is 6.54 Å². The molecule has 0 aliphatic heterocycles. The van der Waals surface area contributed by atoms with Crippen LogP contribution in [0.25, 0.3) is 11.5 Å². The van der Waals surface area contributed by atoms with E-state index in [2.05, 4.69) is 29.4 Å². The van der Waals surface area contributed by atoms with Crippen molar-refractivity contribution in [2.24, 2.45) is 0 Å². The van der Waals surface area contributed by atoms with Gasteiger partial charge in [-0.1, -0.05) is 19.9 Å². The maximum atomic E-state index is 5.66. The molecule has 1 aromatic heterocycles. The van der Waals surface area contributed by atoms with Crippen LogP contribution in [0.1, 0.15) is 19.7 Å². The molecular weight excluding hydrogens is 258 g/mol. The standard InChI is InChI=1S/C14H19N3O3/c1-9(2)15-8-12-16-17-14(20-12)13-10(18-3)6-5-7-11(13)19-4/h5-7,9,15H,8H2,1-4H3. The van der Waals surface area contributed by atoms with Crippen LogP contribution in [0.4, 0.5) is 0 Å². The summed E-state index contributed by atoms with van der Waals surface area (Å²) in [5.41, 5.74) is 0.667. The van der Waals surface area contributed by atoms with Crippen molar-refractivity contribution in [3.8, 4) is 23.0 Å². The summed E-state index contributed by atoms with van der Waals surface area (Å²) in [5, 5.41) is 11.3. The molecular formula is C14H19N3O3. The fraction of sp³-hybridized carbons (Fsp3) is 0.429. The normalized spacial score (nSPS) is 10.8. The Kier molecular flexibility index (Phi) is 4.57. The van der Waals surface area contributed by atoms with Gasteiger partial charge in [-0.15, -0.1) is 10.2 Å². The van der Waals surface area contributed by atoms with Gasteiger partial charge in [-0.3, -0.25) is 0 Å². The monoisotopic (exact) mass is 277 g/mol. The summed E-state index contributed by atoms with van der Waals surface area (Å²) in [6.07, 6.45) is 0. The van der Waals surface area contributed by atoms with E-state index < -0.39 is 0 Å². The summed E-state index contributed by atoms with van der Waals surface area (Å²) < 4.78 is 16.3. The van der Waals surface area contributed by atoms with Crippen LogP contribution in [0.2, 0.25) is 0 Å². The van der Waals surface area contributed by atoms with Crippen molar-refractivity contribution < 1.29 is 13.9 Å². The number of rotatable bonds is 6. The second-order valence-electron chi connectivity index (χ2n) is 4.57. The molecule has 1 heterocycles. The summed E-state index contributed by atoms with van der Waals surface area (Å²) in [7, 11) is 3.19. The van der Waals surface area contributed by atoms with E-state index in [0.29, 0.717) is 41.4 Å². The van der Waals surface area contributed by atoms with Gasteiger partial charge in [0.05, 0.1) is 20.8 Å². The van der Waals surface area contributed by atoms with Crippen molar-refractivity contribution in [2.45, 2.75) is 26.4 Å². The van der Waals surface area contributed by atoms with Crippen LogP contribution in [0.3, 0.4) is 0 Å². The fourth-order valence-corrected chi connectivity index (χ4v) is 1.78. The smallest absolute Gasteiger partial charge is 0.255 e. The zero-order chi connectivity index (χ0) is 14.5. The molecule has 0 aliphatic rings. The highest BCUT2D eigenvalue weighted by Gasteiger charge is 2.18. The van der Waals surface area contributed by atoms with Gasteiger partial charge in [0.25, 0.3) is 5.89 Å². The Bertz CT molecular complexity index is 544. The lowest BCUT2D eigenvalue weighted by atomic mass is 10.2. The number of nitrogens with one attached hydrogen (secondary N) is 1. The summed E-state index contributed by atoms with van der Waals surface area (Å²) in [5.74, 6) is 2.19. The lowest BCUT2D eigenvalue weighted by Crippen LogP contribution is -2.21. The van der Waals surface area contributed by atoms with Crippen molar-refractivity contribution in [3.63, 3.8) is 0 Å². The molecule has 0 amide bonds. The minimum absolute atomic E-state index is 0.353.